The number of esters is 1. The largest absolute Gasteiger partial charge is 0.493 e. The van der Waals surface area contributed by atoms with Crippen molar-refractivity contribution in [3.8, 4) is 29.1 Å². The second-order valence-electron chi connectivity index (χ2n) is 8.82. The highest BCUT2D eigenvalue weighted by atomic mass is 35.5. The molecule has 2 N–H and O–H groups in total. The van der Waals surface area contributed by atoms with Crippen LogP contribution in [0.2, 0.25) is 10.0 Å². The third-order valence-electron chi connectivity index (χ3n) is 6.32. The van der Waals surface area contributed by atoms with Crippen LogP contribution < -0.4 is 24.7 Å². The second kappa shape index (κ2) is 11.6. The first-order valence-electron chi connectivity index (χ1n) is 12.1. The van der Waals surface area contributed by atoms with Gasteiger partial charge in [-0.15, -0.1) is 0 Å². The Balaban J connectivity index is 1.44. The SMILES string of the molecule is COc1cc(C2C(C#N)=C(N)Oc3cc(OC(=O)c4ccccc4Cl)ccc32)ccc1OCc1ccc(Cl)cc1. The molecule has 1 heterocycles. The number of nitriles is 1. The van der Waals surface area contributed by atoms with Crippen molar-refractivity contribution in [2.75, 3.05) is 7.11 Å². The number of rotatable bonds is 7. The lowest BCUT2D eigenvalue weighted by atomic mass is 9.83. The molecular weight excluding hydrogens is 551 g/mol. The van der Waals surface area contributed by atoms with Crippen molar-refractivity contribution in [1.82, 2.24) is 0 Å². The summed E-state index contributed by atoms with van der Waals surface area (Å²) >= 11 is 12.1. The number of methoxy groups -OCH3 is 1. The van der Waals surface area contributed by atoms with Crippen molar-refractivity contribution >= 4 is 29.2 Å². The van der Waals surface area contributed by atoms with Crippen LogP contribution in [0.25, 0.3) is 0 Å². The van der Waals surface area contributed by atoms with Crippen LogP contribution in [-0.4, -0.2) is 13.1 Å². The zero-order valence-corrected chi connectivity index (χ0v) is 22.7. The summed E-state index contributed by atoms with van der Waals surface area (Å²) in [6.07, 6.45) is 0. The molecule has 40 heavy (non-hydrogen) atoms. The van der Waals surface area contributed by atoms with Crippen LogP contribution in [0.5, 0.6) is 23.0 Å². The maximum atomic E-state index is 12.7. The smallest absolute Gasteiger partial charge is 0.345 e. The number of carbonyl (C=O) groups is 1. The van der Waals surface area contributed by atoms with Gasteiger partial charge in [0.1, 0.15) is 29.7 Å². The quantitative estimate of drug-likeness (QED) is 0.187. The predicted molar refractivity (Wildman–Crippen MR) is 151 cm³/mol. The number of nitrogens with zero attached hydrogens (tertiary/aromatic N) is 1. The van der Waals surface area contributed by atoms with Crippen LogP contribution in [0.15, 0.2) is 96.4 Å². The fourth-order valence-corrected chi connectivity index (χ4v) is 4.69. The van der Waals surface area contributed by atoms with Crippen molar-refractivity contribution in [3.63, 3.8) is 0 Å². The highest BCUT2D eigenvalue weighted by molar-refractivity contribution is 6.33. The van der Waals surface area contributed by atoms with Gasteiger partial charge >= 0.3 is 5.97 Å². The molecule has 1 unspecified atom stereocenters. The average molecular weight is 573 g/mol. The molecule has 0 aromatic heterocycles. The number of hydrogen-bond donors (Lipinski definition) is 1. The Morgan fingerprint density at radius 3 is 2.50 bits per heavy atom. The van der Waals surface area contributed by atoms with Crippen LogP contribution in [0.1, 0.15) is 33.0 Å². The van der Waals surface area contributed by atoms with E-state index in [4.69, 9.17) is 47.9 Å². The summed E-state index contributed by atoms with van der Waals surface area (Å²) in [6, 6.07) is 26.5. The van der Waals surface area contributed by atoms with Gasteiger partial charge in [-0.3, -0.25) is 0 Å². The van der Waals surface area contributed by atoms with E-state index >= 15 is 0 Å². The first-order chi connectivity index (χ1) is 19.4. The van der Waals surface area contributed by atoms with Gasteiger partial charge in [0.2, 0.25) is 5.88 Å². The minimum atomic E-state index is -0.613. The molecule has 0 fully saturated rings. The molecule has 1 aliphatic rings. The number of allylic oxidation sites excluding steroid dienone is 1. The normalized spacial score (nSPS) is 14.0. The molecule has 0 aliphatic carbocycles. The summed E-state index contributed by atoms with van der Waals surface area (Å²) in [6.45, 7) is 0.318. The van der Waals surface area contributed by atoms with E-state index in [1.54, 1.807) is 73.8 Å². The first-order valence-corrected chi connectivity index (χ1v) is 12.9. The number of hydrogen-bond acceptors (Lipinski definition) is 7. The van der Waals surface area contributed by atoms with Gasteiger partial charge in [-0.25, -0.2) is 4.79 Å². The molecular formula is C31H22Cl2N2O5. The number of nitrogens with two attached hydrogens (primary N) is 1. The molecule has 4 aromatic carbocycles. The maximum Gasteiger partial charge on any atom is 0.345 e. The van der Waals surface area contributed by atoms with E-state index in [0.29, 0.717) is 34.4 Å². The fraction of sp³-hybridized carbons (Fsp3) is 0.0968. The zero-order chi connectivity index (χ0) is 28.2. The number of ether oxygens (including phenoxy) is 4. The van der Waals surface area contributed by atoms with Crippen molar-refractivity contribution in [2.45, 2.75) is 12.5 Å². The van der Waals surface area contributed by atoms with E-state index in [1.165, 1.54) is 0 Å². The second-order valence-corrected chi connectivity index (χ2v) is 9.66. The summed E-state index contributed by atoms with van der Waals surface area (Å²) in [7, 11) is 1.54. The first kappa shape index (κ1) is 26.9. The van der Waals surface area contributed by atoms with Crippen LogP contribution in [0.3, 0.4) is 0 Å². The van der Waals surface area contributed by atoms with Gasteiger partial charge in [0.15, 0.2) is 11.5 Å². The summed E-state index contributed by atoms with van der Waals surface area (Å²) in [5.41, 5.74) is 8.99. The van der Waals surface area contributed by atoms with Gasteiger partial charge in [-0.2, -0.15) is 5.26 Å². The molecule has 0 spiro atoms. The monoisotopic (exact) mass is 572 g/mol. The van der Waals surface area contributed by atoms with E-state index < -0.39 is 11.9 Å². The Bertz CT molecular complexity index is 1660. The van der Waals surface area contributed by atoms with Crippen molar-refractivity contribution in [3.05, 3.63) is 129 Å². The van der Waals surface area contributed by atoms with Crippen molar-refractivity contribution < 1.29 is 23.7 Å². The standard InChI is InChI=1S/C31H22Cl2N2O5/c1-37-28-14-19(8-13-26(28)38-17-18-6-9-20(32)10-7-18)29-23-12-11-21(15-27(23)40-30(35)24(29)16-34)39-31(36)22-4-2-3-5-25(22)33/h2-15,29H,17,35H2,1H3. The molecule has 0 saturated heterocycles. The molecule has 9 heteroatoms. The van der Waals surface area contributed by atoms with E-state index in [9.17, 15) is 10.1 Å². The molecule has 4 aromatic rings. The molecule has 5 rings (SSSR count). The Hall–Kier alpha value is -4.64. The Morgan fingerprint density at radius 1 is 1.00 bits per heavy atom. The Labute approximate surface area is 240 Å². The minimum Gasteiger partial charge on any atom is -0.493 e. The molecule has 1 aliphatic heterocycles. The van der Waals surface area contributed by atoms with E-state index in [0.717, 1.165) is 11.1 Å². The van der Waals surface area contributed by atoms with E-state index in [2.05, 4.69) is 6.07 Å². The average Bonchev–Trinajstić information content (AvgIpc) is 2.96. The lowest BCUT2D eigenvalue weighted by Gasteiger charge is -2.27. The highest BCUT2D eigenvalue weighted by Crippen LogP contribution is 2.45. The summed E-state index contributed by atoms with van der Waals surface area (Å²) in [4.78, 5) is 12.7. The lowest BCUT2D eigenvalue weighted by molar-refractivity contribution is 0.0734. The van der Waals surface area contributed by atoms with Crippen LogP contribution in [0, 0.1) is 11.3 Å². The molecule has 1 atom stereocenters. The number of fused-ring (bicyclic) bond motifs is 1. The van der Waals surface area contributed by atoms with Gasteiger partial charge in [0.25, 0.3) is 0 Å². The predicted octanol–water partition coefficient (Wildman–Crippen LogP) is 7.02. The van der Waals surface area contributed by atoms with Crippen LogP contribution in [0.4, 0.5) is 0 Å². The van der Waals surface area contributed by atoms with Gasteiger partial charge in [-0.05, 0) is 53.6 Å². The number of carbonyl (C=O) groups excluding carboxylic acids is 1. The third kappa shape index (κ3) is 5.55. The molecule has 0 saturated carbocycles. The molecule has 0 radical (unpaired) electrons. The third-order valence-corrected chi connectivity index (χ3v) is 6.91. The highest BCUT2D eigenvalue weighted by Gasteiger charge is 2.32. The topological polar surface area (TPSA) is 104 Å². The van der Waals surface area contributed by atoms with Gasteiger partial charge in [0, 0.05) is 16.7 Å². The Kier molecular flexibility index (Phi) is 7.83. The van der Waals surface area contributed by atoms with Gasteiger partial charge < -0.3 is 24.7 Å². The number of halogens is 2. The van der Waals surface area contributed by atoms with E-state index in [1.807, 2.05) is 18.2 Å². The number of benzene rings is 4. The van der Waals surface area contributed by atoms with Crippen molar-refractivity contribution in [1.29, 1.82) is 5.26 Å². The fourth-order valence-electron chi connectivity index (χ4n) is 4.36. The Morgan fingerprint density at radius 2 is 1.77 bits per heavy atom. The van der Waals surface area contributed by atoms with Gasteiger partial charge in [-0.1, -0.05) is 59.6 Å². The van der Waals surface area contributed by atoms with Crippen molar-refractivity contribution in [2.24, 2.45) is 5.73 Å². The molecule has 0 bridgehead atoms. The molecule has 7 nitrogen and oxygen atoms in total. The molecule has 0 amide bonds. The van der Waals surface area contributed by atoms with E-state index in [-0.39, 0.29) is 27.8 Å². The summed E-state index contributed by atoms with van der Waals surface area (Å²) < 4.78 is 22.9. The van der Waals surface area contributed by atoms with Crippen LogP contribution >= 0.6 is 23.2 Å². The van der Waals surface area contributed by atoms with Crippen LogP contribution in [-0.2, 0) is 6.61 Å². The maximum absolute atomic E-state index is 12.7. The molecule has 200 valence electrons. The minimum absolute atomic E-state index is 0.0448. The lowest BCUT2D eigenvalue weighted by Crippen LogP contribution is -2.21. The summed E-state index contributed by atoms with van der Waals surface area (Å²) in [5, 5.41) is 10.9. The summed E-state index contributed by atoms with van der Waals surface area (Å²) in [5.74, 6) is 0.398. The van der Waals surface area contributed by atoms with Gasteiger partial charge in [0.05, 0.1) is 23.6 Å². The zero-order valence-electron chi connectivity index (χ0n) is 21.2.